The molecule has 64 heavy (non-hydrogen) atoms. The molecule has 2 saturated heterocycles. The average molecular weight is 931 g/mol. The highest BCUT2D eigenvalue weighted by atomic mass is 35.5. The number of imidazole rings is 2. The summed E-state index contributed by atoms with van der Waals surface area (Å²) in [5.41, 5.74) is 5.33. The maximum Gasteiger partial charge on any atom is 0.407 e. The van der Waals surface area contributed by atoms with Crippen LogP contribution < -0.4 is 10.6 Å². The second-order valence-corrected chi connectivity index (χ2v) is 15.1. The molecule has 2 aliphatic rings. The number of aromatic amines is 2. The summed E-state index contributed by atoms with van der Waals surface area (Å²) in [7, 11) is 2.54. The van der Waals surface area contributed by atoms with Crippen molar-refractivity contribution in [3.63, 3.8) is 0 Å². The SMILES string of the molecule is COC(=O)N[C@H](C(=O)N1CCC[C@H]1c1ncc(-c2ccc(C#CC#Cc3cnc([C@@H]4CCCN4C(=O)[C@H](NC(=O)OC)c4ccccc4)[nH]3)c(-c3cccnc3)c2)[nH]1)C(C)C.Cl.Cl.Cl. The van der Waals surface area contributed by atoms with E-state index in [0.29, 0.717) is 42.4 Å². The third kappa shape index (κ3) is 11.5. The summed E-state index contributed by atoms with van der Waals surface area (Å²) in [5, 5.41) is 5.38. The zero-order chi connectivity index (χ0) is 42.9. The lowest BCUT2D eigenvalue weighted by atomic mass is 9.97. The van der Waals surface area contributed by atoms with Gasteiger partial charge in [0.1, 0.15) is 29.4 Å². The summed E-state index contributed by atoms with van der Waals surface area (Å²) >= 11 is 0. The molecule has 2 fully saturated rings. The van der Waals surface area contributed by atoms with Gasteiger partial charge in [-0.15, -0.1) is 37.2 Å². The van der Waals surface area contributed by atoms with E-state index in [-0.39, 0.29) is 67.0 Å². The number of nitrogens with one attached hydrogen (secondary N) is 4. The number of methoxy groups -OCH3 is 2. The summed E-state index contributed by atoms with van der Waals surface area (Å²) in [6, 6.07) is 16.6. The molecule has 2 aliphatic heterocycles. The number of ether oxygens (including phenoxy) is 2. The number of carbonyl (C=O) groups excluding carboxylic acids is 4. The zero-order valence-corrected chi connectivity index (χ0v) is 38.1. The smallest absolute Gasteiger partial charge is 0.407 e. The Morgan fingerprint density at radius 1 is 0.734 bits per heavy atom. The lowest BCUT2D eigenvalue weighted by molar-refractivity contribution is -0.135. The molecule has 4 N–H and O–H groups in total. The second-order valence-electron chi connectivity index (χ2n) is 15.1. The van der Waals surface area contributed by atoms with Crippen molar-refractivity contribution in [2.24, 2.45) is 5.92 Å². The van der Waals surface area contributed by atoms with Gasteiger partial charge in [0.2, 0.25) is 5.91 Å². The minimum atomic E-state index is -0.914. The molecule has 15 nitrogen and oxygen atoms in total. The third-order valence-corrected chi connectivity index (χ3v) is 10.9. The molecule has 5 aromatic rings. The van der Waals surface area contributed by atoms with E-state index in [1.165, 1.54) is 14.2 Å². The molecule has 2 aromatic carbocycles. The first kappa shape index (κ1) is 50.1. The molecule has 0 bridgehead atoms. The largest absolute Gasteiger partial charge is 0.453 e. The molecule has 0 radical (unpaired) electrons. The van der Waals surface area contributed by atoms with E-state index in [2.05, 4.69) is 54.3 Å². The fraction of sp³-hybridized carbons (Fsp3) is 0.326. The van der Waals surface area contributed by atoms with Crippen LogP contribution in [-0.4, -0.2) is 92.1 Å². The van der Waals surface area contributed by atoms with Crippen LogP contribution in [0.3, 0.4) is 0 Å². The van der Waals surface area contributed by atoms with Crippen LogP contribution in [0.4, 0.5) is 9.59 Å². The van der Waals surface area contributed by atoms with Crippen molar-refractivity contribution in [2.45, 2.75) is 63.7 Å². The van der Waals surface area contributed by atoms with Crippen molar-refractivity contribution in [3.8, 4) is 46.1 Å². The molecule has 4 atom stereocenters. The zero-order valence-electron chi connectivity index (χ0n) is 35.6. The number of hydrogen-bond donors (Lipinski definition) is 4. The molecule has 0 unspecified atom stereocenters. The van der Waals surface area contributed by atoms with Gasteiger partial charge in [0.25, 0.3) is 5.91 Å². The Hall–Kier alpha value is -6.52. The highest BCUT2D eigenvalue weighted by molar-refractivity contribution is 5.88. The number of alkyl carbamates (subject to hydrolysis) is 2. The van der Waals surface area contributed by atoms with Gasteiger partial charge >= 0.3 is 12.2 Å². The molecule has 3 aromatic heterocycles. The van der Waals surface area contributed by atoms with Gasteiger partial charge < -0.3 is 39.9 Å². The summed E-state index contributed by atoms with van der Waals surface area (Å²) in [6.45, 7) is 4.84. The minimum absolute atomic E-state index is 0. The van der Waals surface area contributed by atoms with Gasteiger partial charge in [0.05, 0.1) is 44.4 Å². The number of carbonyl (C=O) groups is 4. The van der Waals surface area contributed by atoms with Gasteiger partial charge in [-0.3, -0.25) is 14.6 Å². The van der Waals surface area contributed by atoms with Gasteiger partial charge in [-0.25, -0.2) is 19.6 Å². The van der Waals surface area contributed by atoms with E-state index in [1.807, 2.05) is 62.4 Å². The molecule has 0 aliphatic carbocycles. The van der Waals surface area contributed by atoms with E-state index < -0.39 is 24.3 Å². The quantitative estimate of drug-likeness (QED) is 0.104. The van der Waals surface area contributed by atoms with Crippen molar-refractivity contribution in [1.82, 2.24) is 45.4 Å². The van der Waals surface area contributed by atoms with Crippen molar-refractivity contribution >= 4 is 61.2 Å². The predicted octanol–water partition coefficient (Wildman–Crippen LogP) is 7.34. The standard InChI is InChI=1S/C46H47N9O6.3ClH/c1-29(2)39(52-45(58)60-3)43(56)54-23-12-19-38(54)42-49-28-36(51-42)32-21-20-30(35(25-32)33-16-10-22-47-26-33)13-8-9-17-34-27-48-41(50-34)37-18-11-24-55(37)44(57)40(53-46(59)61-4)31-14-6-5-7-15-31;;;/h5-7,10,14-16,20-22,25-29,37-40H,11-12,18-19,23-24H2,1-4H3,(H,48,50)(H,49,51)(H,52,58)(H,53,59);3*1H/t37-,38-,39-,40+;;;/m0.../s1. The first-order valence-corrected chi connectivity index (χ1v) is 20.2. The Morgan fingerprint density at radius 3 is 2.03 bits per heavy atom. The van der Waals surface area contributed by atoms with E-state index in [0.717, 1.165) is 47.2 Å². The molecular formula is C46H50Cl3N9O6. The van der Waals surface area contributed by atoms with Crippen molar-refractivity contribution in [2.75, 3.05) is 27.3 Å². The molecule has 5 heterocycles. The maximum absolute atomic E-state index is 13.9. The normalized spacial score (nSPS) is 16.0. The number of halogens is 3. The number of benzene rings is 2. The Bertz CT molecular complexity index is 2510. The summed E-state index contributed by atoms with van der Waals surface area (Å²) in [6.07, 6.45) is 8.57. The number of H-pyrrole nitrogens is 2. The van der Waals surface area contributed by atoms with Crippen LogP contribution in [0.15, 0.2) is 85.5 Å². The van der Waals surface area contributed by atoms with Gasteiger partial charge in [-0.2, -0.15) is 0 Å². The maximum atomic E-state index is 13.9. The molecular weight excluding hydrogens is 881 g/mol. The predicted molar refractivity (Wildman–Crippen MR) is 248 cm³/mol. The summed E-state index contributed by atoms with van der Waals surface area (Å²) in [4.78, 5) is 75.6. The fourth-order valence-corrected chi connectivity index (χ4v) is 7.78. The van der Waals surface area contributed by atoms with Crippen LogP contribution in [0.25, 0.3) is 22.4 Å². The number of amides is 4. The topological polar surface area (TPSA) is 188 Å². The van der Waals surface area contributed by atoms with Crippen LogP contribution in [0.5, 0.6) is 0 Å². The van der Waals surface area contributed by atoms with Crippen molar-refractivity contribution < 1.29 is 28.7 Å². The Labute approximate surface area is 390 Å². The van der Waals surface area contributed by atoms with E-state index in [1.54, 1.807) is 46.7 Å². The van der Waals surface area contributed by atoms with Crippen LogP contribution in [0, 0.1) is 29.6 Å². The Balaban J connectivity index is 0.00000299. The number of hydrogen-bond acceptors (Lipinski definition) is 9. The van der Waals surface area contributed by atoms with Crippen LogP contribution in [0.1, 0.15) is 86.1 Å². The van der Waals surface area contributed by atoms with Crippen LogP contribution in [0.2, 0.25) is 0 Å². The molecule has 0 spiro atoms. The average Bonchev–Trinajstić information content (AvgIpc) is 4.14. The van der Waals surface area contributed by atoms with E-state index in [4.69, 9.17) is 14.5 Å². The highest BCUT2D eigenvalue weighted by Gasteiger charge is 2.38. The number of aromatic nitrogens is 5. The molecule has 7 rings (SSSR count). The van der Waals surface area contributed by atoms with Crippen LogP contribution >= 0.6 is 37.2 Å². The van der Waals surface area contributed by atoms with Crippen LogP contribution in [-0.2, 0) is 19.1 Å². The van der Waals surface area contributed by atoms with Crippen molar-refractivity contribution in [1.29, 1.82) is 0 Å². The minimum Gasteiger partial charge on any atom is -0.453 e. The monoisotopic (exact) mass is 929 g/mol. The van der Waals surface area contributed by atoms with Gasteiger partial charge in [-0.05, 0) is 78.7 Å². The van der Waals surface area contributed by atoms with E-state index >= 15 is 0 Å². The number of rotatable bonds is 10. The Kier molecular flexibility index (Phi) is 18.2. The number of nitrogens with zero attached hydrogens (tertiary/aromatic N) is 5. The number of pyridine rings is 1. The van der Waals surface area contributed by atoms with E-state index in [9.17, 15) is 19.2 Å². The fourth-order valence-electron chi connectivity index (χ4n) is 7.78. The first-order chi connectivity index (χ1) is 29.6. The summed E-state index contributed by atoms with van der Waals surface area (Å²) < 4.78 is 9.58. The number of likely N-dealkylation sites (tertiary alicyclic amines) is 2. The molecule has 0 saturated carbocycles. The molecule has 18 heteroatoms. The lowest BCUT2D eigenvalue weighted by Gasteiger charge is -2.30. The lowest BCUT2D eigenvalue weighted by Crippen LogP contribution is -2.51. The van der Waals surface area contributed by atoms with Gasteiger partial charge in [0.15, 0.2) is 0 Å². The Morgan fingerprint density at radius 2 is 1.38 bits per heavy atom. The second kappa shape index (κ2) is 23.2. The van der Waals surface area contributed by atoms with Crippen molar-refractivity contribution in [3.05, 3.63) is 114 Å². The van der Waals surface area contributed by atoms with Gasteiger partial charge in [0, 0.05) is 42.2 Å². The highest BCUT2D eigenvalue weighted by Crippen LogP contribution is 2.35. The third-order valence-electron chi connectivity index (χ3n) is 10.9. The molecule has 336 valence electrons. The summed E-state index contributed by atoms with van der Waals surface area (Å²) in [5.74, 6) is 12.9. The van der Waals surface area contributed by atoms with Gasteiger partial charge in [-0.1, -0.05) is 62.2 Å². The first-order valence-electron chi connectivity index (χ1n) is 20.2. The molecule has 4 amide bonds.